The van der Waals surface area contributed by atoms with Gasteiger partial charge in [-0.15, -0.1) is 0 Å². The number of ketones is 1. The van der Waals surface area contributed by atoms with Gasteiger partial charge in [0.2, 0.25) is 0 Å². The van der Waals surface area contributed by atoms with Crippen molar-refractivity contribution in [2.45, 2.75) is 26.3 Å². The minimum Gasteiger partial charge on any atom is -0.508 e. The lowest BCUT2D eigenvalue weighted by Crippen LogP contribution is -2.29. The number of methoxy groups -OCH3 is 1. The summed E-state index contributed by atoms with van der Waals surface area (Å²) in [4.78, 5) is 28.0. The molecule has 1 aliphatic heterocycles. The highest BCUT2D eigenvalue weighted by molar-refractivity contribution is 6.51. The molecule has 1 aliphatic rings. The number of aliphatic hydroxyl groups excluding tert-OH is 1. The number of amides is 1. The Morgan fingerprint density at radius 1 is 1.00 bits per heavy atom. The number of Topliss-reactive ketones (excluding diaryl/α,β-unsaturated/α-hetero) is 1. The van der Waals surface area contributed by atoms with Crippen LogP contribution in [0.2, 0.25) is 0 Å². The second kappa shape index (κ2) is 9.93. The molecule has 180 valence electrons. The first-order valence-corrected chi connectivity index (χ1v) is 11.3. The Kier molecular flexibility index (Phi) is 6.78. The first kappa shape index (κ1) is 23.9. The normalized spacial score (nSPS) is 17.0. The van der Waals surface area contributed by atoms with E-state index < -0.39 is 17.7 Å². The zero-order valence-electron chi connectivity index (χ0n) is 19.8. The average molecular weight is 474 g/mol. The van der Waals surface area contributed by atoms with Crippen molar-refractivity contribution in [2.75, 3.05) is 18.6 Å². The molecule has 1 atom stereocenters. The Hall–Kier alpha value is -4.26. The number of rotatable bonds is 7. The van der Waals surface area contributed by atoms with E-state index in [0.29, 0.717) is 34.9 Å². The van der Waals surface area contributed by atoms with Crippen LogP contribution >= 0.6 is 0 Å². The molecule has 1 saturated heterocycles. The molecular weight excluding hydrogens is 446 g/mol. The number of ether oxygens (including phenoxy) is 2. The van der Waals surface area contributed by atoms with Crippen molar-refractivity contribution in [3.63, 3.8) is 0 Å². The van der Waals surface area contributed by atoms with Gasteiger partial charge in [-0.25, -0.2) is 0 Å². The number of phenolic OH excluding ortho intramolecular Hbond substituents is 1. The predicted molar refractivity (Wildman–Crippen MR) is 133 cm³/mol. The molecule has 35 heavy (non-hydrogen) atoms. The summed E-state index contributed by atoms with van der Waals surface area (Å²) in [5, 5.41) is 21.1. The van der Waals surface area contributed by atoms with Crippen LogP contribution in [0.1, 0.15) is 36.1 Å². The van der Waals surface area contributed by atoms with Crippen molar-refractivity contribution < 1.29 is 29.3 Å². The second-order valence-electron chi connectivity index (χ2n) is 8.26. The largest absolute Gasteiger partial charge is 0.508 e. The molecule has 0 aliphatic carbocycles. The van der Waals surface area contributed by atoms with E-state index in [1.165, 1.54) is 24.1 Å². The second-order valence-corrected chi connectivity index (χ2v) is 8.26. The third-order valence-electron chi connectivity index (χ3n) is 5.91. The zero-order valence-corrected chi connectivity index (χ0v) is 19.8. The van der Waals surface area contributed by atoms with Crippen molar-refractivity contribution in [1.29, 1.82) is 0 Å². The lowest BCUT2D eigenvalue weighted by Gasteiger charge is -2.26. The summed E-state index contributed by atoms with van der Waals surface area (Å²) >= 11 is 0. The van der Waals surface area contributed by atoms with Crippen LogP contribution in [-0.4, -0.2) is 35.6 Å². The standard InChI is InChI=1S/C28H27NO6/c1-4-15-35-22-14-11-19(16-17(22)2)26(31)24-25(18-9-12-20(30)13-10-18)29(28(33)27(24)32)21-7-5-6-8-23(21)34-3/h5-14,16,25,30-31H,4,15H2,1-3H3/b26-24-. The molecule has 2 N–H and O–H groups in total. The minimum atomic E-state index is -0.928. The van der Waals surface area contributed by atoms with E-state index in [1.54, 1.807) is 54.6 Å². The third-order valence-corrected chi connectivity index (χ3v) is 5.91. The maximum absolute atomic E-state index is 13.3. The first-order chi connectivity index (χ1) is 16.9. The van der Waals surface area contributed by atoms with Gasteiger partial charge in [-0.1, -0.05) is 31.2 Å². The van der Waals surface area contributed by atoms with E-state index in [-0.39, 0.29) is 17.1 Å². The number of carbonyl (C=O) groups excluding carboxylic acids is 2. The fourth-order valence-corrected chi connectivity index (χ4v) is 4.21. The Morgan fingerprint density at radius 2 is 1.71 bits per heavy atom. The van der Waals surface area contributed by atoms with Gasteiger partial charge in [0.05, 0.1) is 31.0 Å². The first-order valence-electron chi connectivity index (χ1n) is 11.3. The van der Waals surface area contributed by atoms with Gasteiger partial charge in [-0.05, 0) is 66.9 Å². The van der Waals surface area contributed by atoms with Gasteiger partial charge in [0.1, 0.15) is 23.0 Å². The molecule has 4 rings (SSSR count). The van der Waals surface area contributed by atoms with Crippen LogP contribution in [0.25, 0.3) is 5.76 Å². The molecule has 7 heteroatoms. The van der Waals surface area contributed by atoms with Crippen LogP contribution in [0.15, 0.2) is 72.3 Å². The fourth-order valence-electron chi connectivity index (χ4n) is 4.21. The average Bonchev–Trinajstić information content (AvgIpc) is 3.13. The van der Waals surface area contributed by atoms with Crippen molar-refractivity contribution in [3.05, 3.63) is 89.0 Å². The van der Waals surface area contributed by atoms with Crippen molar-refractivity contribution in [2.24, 2.45) is 0 Å². The molecule has 0 radical (unpaired) electrons. The third kappa shape index (κ3) is 4.45. The van der Waals surface area contributed by atoms with Crippen LogP contribution in [0.3, 0.4) is 0 Å². The molecule has 0 spiro atoms. The van der Waals surface area contributed by atoms with Gasteiger partial charge in [-0.3, -0.25) is 14.5 Å². The van der Waals surface area contributed by atoms with E-state index in [2.05, 4.69) is 0 Å². The summed E-state index contributed by atoms with van der Waals surface area (Å²) in [6.07, 6.45) is 0.861. The summed E-state index contributed by atoms with van der Waals surface area (Å²) in [7, 11) is 1.48. The SMILES string of the molecule is CCCOc1ccc(/C(O)=C2/C(=O)C(=O)N(c3ccccc3OC)C2c2ccc(O)cc2)cc1C. The number of nitrogens with zero attached hydrogens (tertiary/aromatic N) is 1. The van der Waals surface area contributed by atoms with Gasteiger partial charge in [0.25, 0.3) is 11.7 Å². The summed E-state index contributed by atoms with van der Waals surface area (Å²) < 4.78 is 11.2. The molecule has 3 aromatic rings. The highest BCUT2D eigenvalue weighted by Crippen LogP contribution is 2.45. The molecule has 1 heterocycles. The number of para-hydroxylation sites is 2. The molecule has 7 nitrogen and oxygen atoms in total. The van der Waals surface area contributed by atoms with E-state index in [1.807, 2.05) is 13.8 Å². The number of aliphatic hydroxyl groups is 1. The maximum atomic E-state index is 13.3. The maximum Gasteiger partial charge on any atom is 0.300 e. The van der Waals surface area contributed by atoms with Gasteiger partial charge in [0, 0.05) is 5.56 Å². The molecule has 3 aromatic carbocycles. The number of aromatic hydroxyl groups is 1. The summed E-state index contributed by atoms with van der Waals surface area (Å²) in [6, 6.07) is 17.3. The molecule has 1 unspecified atom stereocenters. The van der Waals surface area contributed by atoms with Crippen molar-refractivity contribution in [1.82, 2.24) is 0 Å². The lowest BCUT2D eigenvalue weighted by molar-refractivity contribution is -0.132. The van der Waals surface area contributed by atoms with E-state index in [0.717, 1.165) is 12.0 Å². The number of benzene rings is 3. The molecule has 0 saturated carbocycles. The Bertz CT molecular complexity index is 1300. The van der Waals surface area contributed by atoms with Crippen LogP contribution < -0.4 is 14.4 Å². The molecular formula is C28H27NO6. The van der Waals surface area contributed by atoms with E-state index >= 15 is 0 Å². The van der Waals surface area contributed by atoms with Gasteiger partial charge >= 0.3 is 0 Å². The van der Waals surface area contributed by atoms with Crippen molar-refractivity contribution in [3.8, 4) is 17.2 Å². The van der Waals surface area contributed by atoms with Crippen LogP contribution in [-0.2, 0) is 9.59 Å². The quantitative estimate of drug-likeness (QED) is 0.281. The smallest absolute Gasteiger partial charge is 0.300 e. The Morgan fingerprint density at radius 3 is 2.37 bits per heavy atom. The van der Waals surface area contributed by atoms with Crippen LogP contribution in [0, 0.1) is 6.92 Å². The summed E-state index contributed by atoms with van der Waals surface area (Å²) in [5.74, 6) is -0.742. The summed E-state index contributed by atoms with van der Waals surface area (Å²) in [6.45, 7) is 4.43. The van der Waals surface area contributed by atoms with E-state index in [9.17, 15) is 19.8 Å². The lowest BCUT2D eigenvalue weighted by atomic mass is 9.94. The zero-order chi connectivity index (χ0) is 25.1. The highest BCUT2D eigenvalue weighted by Gasteiger charge is 2.47. The topological polar surface area (TPSA) is 96.3 Å². The Labute approximate surface area is 203 Å². The fraction of sp³-hybridized carbons (Fsp3) is 0.214. The number of anilines is 1. The van der Waals surface area contributed by atoms with E-state index in [4.69, 9.17) is 9.47 Å². The number of hydrogen-bond donors (Lipinski definition) is 2. The van der Waals surface area contributed by atoms with Gasteiger partial charge in [0.15, 0.2) is 0 Å². The predicted octanol–water partition coefficient (Wildman–Crippen LogP) is 5.12. The highest BCUT2D eigenvalue weighted by atomic mass is 16.5. The number of phenols is 1. The number of aryl methyl sites for hydroxylation is 1. The molecule has 0 aromatic heterocycles. The van der Waals surface area contributed by atoms with Crippen LogP contribution in [0.5, 0.6) is 17.2 Å². The van der Waals surface area contributed by atoms with Gasteiger partial charge < -0.3 is 19.7 Å². The number of carbonyl (C=O) groups is 2. The molecule has 0 bridgehead atoms. The minimum absolute atomic E-state index is 0.0429. The summed E-state index contributed by atoms with van der Waals surface area (Å²) in [5.41, 5.74) is 2.09. The van der Waals surface area contributed by atoms with Crippen molar-refractivity contribution >= 4 is 23.1 Å². The number of hydrogen-bond acceptors (Lipinski definition) is 6. The Balaban J connectivity index is 1.90. The molecule has 1 fully saturated rings. The van der Waals surface area contributed by atoms with Crippen LogP contribution in [0.4, 0.5) is 5.69 Å². The monoisotopic (exact) mass is 473 g/mol. The molecule has 1 amide bonds. The van der Waals surface area contributed by atoms with Gasteiger partial charge in [-0.2, -0.15) is 0 Å².